The third-order valence-electron chi connectivity index (χ3n) is 6.35. The molecule has 4 rings (SSSR count). The normalized spacial score (nSPS) is 17.9. The summed E-state index contributed by atoms with van der Waals surface area (Å²) in [7, 11) is -2.17. The number of nitrogens with zero attached hydrogens (tertiary/aromatic N) is 2. The van der Waals surface area contributed by atoms with Crippen molar-refractivity contribution in [1.82, 2.24) is 14.5 Å². The van der Waals surface area contributed by atoms with Crippen LogP contribution in [0.3, 0.4) is 0 Å². The van der Waals surface area contributed by atoms with Crippen LogP contribution in [0.1, 0.15) is 40.7 Å². The van der Waals surface area contributed by atoms with Gasteiger partial charge in [0.05, 0.1) is 30.8 Å². The molecule has 184 valence electrons. The van der Waals surface area contributed by atoms with Gasteiger partial charge in [-0.1, -0.05) is 30.7 Å². The smallest absolute Gasteiger partial charge is 0.255 e. The molecular weight excluding hydrogens is 454 g/mol. The van der Waals surface area contributed by atoms with Gasteiger partial charge in [-0.2, -0.15) is 4.31 Å². The van der Waals surface area contributed by atoms with E-state index >= 15 is 0 Å². The van der Waals surface area contributed by atoms with Crippen LogP contribution in [-0.4, -0.2) is 70.0 Å². The van der Waals surface area contributed by atoms with E-state index in [9.17, 15) is 13.2 Å². The Morgan fingerprint density at radius 1 is 0.971 bits per heavy atom. The van der Waals surface area contributed by atoms with Gasteiger partial charge < -0.3 is 14.8 Å². The van der Waals surface area contributed by atoms with E-state index in [0.717, 1.165) is 57.7 Å². The molecule has 2 aliphatic rings. The van der Waals surface area contributed by atoms with Crippen LogP contribution >= 0.6 is 0 Å². The summed E-state index contributed by atoms with van der Waals surface area (Å²) in [4.78, 5) is 15.4. The summed E-state index contributed by atoms with van der Waals surface area (Å²) in [5.41, 5.74) is 2.40. The van der Waals surface area contributed by atoms with Gasteiger partial charge >= 0.3 is 0 Å². The molecule has 2 aromatic rings. The van der Waals surface area contributed by atoms with E-state index in [0.29, 0.717) is 25.4 Å². The van der Waals surface area contributed by atoms with Gasteiger partial charge in [0.1, 0.15) is 5.75 Å². The van der Waals surface area contributed by atoms with Crippen LogP contribution < -0.4 is 10.1 Å². The summed E-state index contributed by atoms with van der Waals surface area (Å²) < 4.78 is 38.3. The second-order valence-corrected chi connectivity index (χ2v) is 10.7. The van der Waals surface area contributed by atoms with E-state index in [1.165, 1.54) is 29.1 Å². The monoisotopic (exact) mass is 487 g/mol. The SMILES string of the molecule is COc1ccc(S(=O)(=O)N2CCCCC2)cc1C(=O)NCc1ccc(CN2CCOCC2)cc1. The van der Waals surface area contributed by atoms with Crippen LogP contribution in [0, 0.1) is 0 Å². The highest BCUT2D eigenvalue weighted by Gasteiger charge is 2.27. The fourth-order valence-electron chi connectivity index (χ4n) is 4.34. The summed E-state index contributed by atoms with van der Waals surface area (Å²) >= 11 is 0. The first-order valence-corrected chi connectivity index (χ1v) is 13.3. The minimum absolute atomic E-state index is 0.118. The first-order valence-electron chi connectivity index (χ1n) is 11.8. The second-order valence-electron chi connectivity index (χ2n) is 8.71. The average molecular weight is 488 g/mol. The molecule has 2 fully saturated rings. The lowest BCUT2D eigenvalue weighted by Crippen LogP contribution is -2.35. The molecule has 0 saturated carbocycles. The number of ether oxygens (including phenoxy) is 2. The molecule has 2 aliphatic heterocycles. The van der Waals surface area contributed by atoms with Gasteiger partial charge in [-0.05, 0) is 42.2 Å². The number of carbonyl (C=O) groups excluding carboxylic acids is 1. The number of hydrogen-bond donors (Lipinski definition) is 1. The van der Waals surface area contributed by atoms with E-state index in [2.05, 4.69) is 22.3 Å². The molecule has 2 aromatic carbocycles. The Labute approximate surface area is 201 Å². The molecule has 0 aromatic heterocycles. The molecule has 0 unspecified atom stereocenters. The molecule has 0 bridgehead atoms. The van der Waals surface area contributed by atoms with Crippen LogP contribution in [0.5, 0.6) is 5.75 Å². The Hall–Kier alpha value is -2.46. The van der Waals surface area contributed by atoms with Crippen molar-refractivity contribution in [2.45, 2.75) is 37.2 Å². The average Bonchev–Trinajstić information content (AvgIpc) is 2.89. The highest BCUT2D eigenvalue weighted by molar-refractivity contribution is 7.89. The number of nitrogens with one attached hydrogen (secondary N) is 1. The third kappa shape index (κ3) is 5.96. The van der Waals surface area contributed by atoms with E-state index in [-0.39, 0.29) is 16.4 Å². The van der Waals surface area contributed by atoms with E-state index in [4.69, 9.17) is 9.47 Å². The minimum Gasteiger partial charge on any atom is -0.496 e. The Morgan fingerprint density at radius 2 is 1.65 bits per heavy atom. The molecule has 9 heteroatoms. The summed E-state index contributed by atoms with van der Waals surface area (Å²) in [6, 6.07) is 12.6. The van der Waals surface area contributed by atoms with Gasteiger partial charge in [0.25, 0.3) is 5.91 Å². The van der Waals surface area contributed by atoms with Crippen LogP contribution in [-0.2, 0) is 27.8 Å². The van der Waals surface area contributed by atoms with Gasteiger partial charge in [0, 0.05) is 39.3 Å². The molecule has 0 atom stereocenters. The number of morpholine rings is 1. The van der Waals surface area contributed by atoms with Crippen LogP contribution in [0.4, 0.5) is 0 Å². The van der Waals surface area contributed by atoms with Crippen molar-refractivity contribution in [1.29, 1.82) is 0 Å². The molecule has 2 heterocycles. The maximum atomic E-state index is 13.1. The van der Waals surface area contributed by atoms with Crippen molar-refractivity contribution < 1.29 is 22.7 Å². The van der Waals surface area contributed by atoms with Gasteiger partial charge in [-0.25, -0.2) is 8.42 Å². The zero-order valence-corrected chi connectivity index (χ0v) is 20.5. The topological polar surface area (TPSA) is 88.2 Å². The lowest BCUT2D eigenvalue weighted by molar-refractivity contribution is 0.0342. The number of piperidine rings is 1. The Bertz CT molecular complexity index is 1080. The number of benzene rings is 2. The Morgan fingerprint density at radius 3 is 2.32 bits per heavy atom. The summed E-state index contributed by atoms with van der Waals surface area (Å²) in [6.07, 6.45) is 2.75. The minimum atomic E-state index is -3.64. The van der Waals surface area contributed by atoms with Crippen molar-refractivity contribution in [3.8, 4) is 5.75 Å². The molecule has 34 heavy (non-hydrogen) atoms. The number of rotatable bonds is 8. The maximum Gasteiger partial charge on any atom is 0.255 e. The number of amides is 1. The van der Waals surface area contributed by atoms with Crippen molar-refractivity contribution in [2.75, 3.05) is 46.5 Å². The lowest BCUT2D eigenvalue weighted by atomic mass is 10.1. The van der Waals surface area contributed by atoms with Crippen molar-refractivity contribution >= 4 is 15.9 Å². The van der Waals surface area contributed by atoms with Crippen molar-refractivity contribution in [3.05, 3.63) is 59.2 Å². The first kappa shape index (κ1) is 24.7. The number of sulfonamides is 1. The third-order valence-corrected chi connectivity index (χ3v) is 8.25. The predicted octanol–water partition coefficient (Wildman–Crippen LogP) is 2.63. The number of carbonyl (C=O) groups is 1. The van der Waals surface area contributed by atoms with Crippen molar-refractivity contribution in [2.24, 2.45) is 0 Å². The Kier molecular flexibility index (Phi) is 8.20. The fraction of sp³-hybridized carbons (Fsp3) is 0.480. The zero-order valence-electron chi connectivity index (χ0n) is 19.7. The number of hydrogen-bond acceptors (Lipinski definition) is 6. The summed E-state index contributed by atoms with van der Waals surface area (Å²) in [6.45, 7) is 5.66. The summed E-state index contributed by atoms with van der Waals surface area (Å²) in [5, 5.41) is 2.89. The van der Waals surface area contributed by atoms with Crippen LogP contribution in [0.25, 0.3) is 0 Å². The molecule has 1 N–H and O–H groups in total. The molecule has 8 nitrogen and oxygen atoms in total. The first-order chi connectivity index (χ1) is 16.5. The van der Waals surface area contributed by atoms with Gasteiger partial charge in [-0.15, -0.1) is 0 Å². The molecule has 0 aliphatic carbocycles. The highest BCUT2D eigenvalue weighted by Crippen LogP contribution is 2.26. The van der Waals surface area contributed by atoms with Gasteiger partial charge in [0.15, 0.2) is 0 Å². The van der Waals surface area contributed by atoms with Gasteiger partial charge in [-0.3, -0.25) is 9.69 Å². The van der Waals surface area contributed by atoms with Crippen LogP contribution in [0.15, 0.2) is 47.4 Å². The standard InChI is InChI=1S/C25H33N3O5S/c1-32-24-10-9-22(34(30,31)28-11-3-2-4-12-28)17-23(24)25(29)26-18-20-5-7-21(8-6-20)19-27-13-15-33-16-14-27/h5-10,17H,2-4,11-16,18-19H2,1H3,(H,26,29). The van der Waals surface area contributed by atoms with E-state index < -0.39 is 10.0 Å². The van der Waals surface area contributed by atoms with Crippen molar-refractivity contribution in [3.63, 3.8) is 0 Å². The molecule has 0 radical (unpaired) electrons. The zero-order chi connectivity index (χ0) is 24.0. The largest absolute Gasteiger partial charge is 0.496 e. The van der Waals surface area contributed by atoms with E-state index in [1.807, 2.05) is 12.1 Å². The quantitative estimate of drug-likeness (QED) is 0.616. The molecular formula is C25H33N3O5S. The van der Waals surface area contributed by atoms with E-state index in [1.54, 1.807) is 6.07 Å². The highest BCUT2D eigenvalue weighted by atomic mass is 32.2. The molecule has 1 amide bonds. The maximum absolute atomic E-state index is 13.1. The molecule has 0 spiro atoms. The fourth-order valence-corrected chi connectivity index (χ4v) is 5.88. The second kappa shape index (κ2) is 11.3. The van der Waals surface area contributed by atoms with Crippen LogP contribution in [0.2, 0.25) is 0 Å². The lowest BCUT2D eigenvalue weighted by Gasteiger charge is -2.26. The Balaban J connectivity index is 1.41. The molecule has 2 saturated heterocycles. The van der Waals surface area contributed by atoms with Gasteiger partial charge in [0.2, 0.25) is 10.0 Å². The number of methoxy groups -OCH3 is 1. The summed E-state index contributed by atoms with van der Waals surface area (Å²) in [5.74, 6) is -0.0270. The predicted molar refractivity (Wildman–Crippen MR) is 129 cm³/mol.